The summed E-state index contributed by atoms with van der Waals surface area (Å²) in [5.41, 5.74) is 0. The number of halogens is 2. The molecule has 0 saturated heterocycles. The van der Waals surface area contributed by atoms with Crippen molar-refractivity contribution < 1.29 is 18.3 Å². The second-order valence-electron chi connectivity index (χ2n) is 1.52. The average molecular weight is 150 g/mol. The molecule has 0 heterocycles. The molecule has 0 fully saturated rings. The number of carbonyl (C=O) groups excluding carboxylic acids is 1. The maximum Gasteiger partial charge on any atom is 0.330 e. The molecule has 0 aliphatic heterocycles. The molecule has 0 aliphatic carbocycles. The molecule has 58 valence electrons. The van der Waals surface area contributed by atoms with E-state index in [1.807, 2.05) is 0 Å². The van der Waals surface area contributed by atoms with Crippen molar-refractivity contribution >= 4 is 5.97 Å². The van der Waals surface area contributed by atoms with Crippen molar-refractivity contribution in [1.29, 1.82) is 0 Å². The molecule has 2 nitrogen and oxygen atoms in total. The van der Waals surface area contributed by atoms with Crippen LogP contribution in [0, 0.1) is 0 Å². The summed E-state index contributed by atoms with van der Waals surface area (Å²) in [4.78, 5) is 10.3. The number of allylic oxidation sites excluding steroid dienone is 1. The number of carbonyl (C=O) groups is 1. The predicted molar refractivity (Wildman–Crippen MR) is 31.8 cm³/mol. The molecule has 0 rings (SSSR count). The number of hydrogen-bond donors (Lipinski definition) is 0. The van der Waals surface area contributed by atoms with Crippen LogP contribution in [-0.2, 0) is 9.53 Å². The molecule has 4 heteroatoms. The smallest absolute Gasteiger partial charge is 0.330 e. The van der Waals surface area contributed by atoms with Crippen LogP contribution in [-0.4, -0.2) is 19.0 Å². The van der Waals surface area contributed by atoms with Crippen LogP contribution in [0.4, 0.5) is 8.78 Å². The van der Waals surface area contributed by atoms with Crippen LogP contribution < -0.4 is 0 Å². The van der Waals surface area contributed by atoms with Crippen LogP contribution in [0.25, 0.3) is 0 Å². The van der Waals surface area contributed by atoms with Crippen LogP contribution in [0.5, 0.6) is 0 Å². The Labute approximate surface area is 57.5 Å². The zero-order valence-electron chi connectivity index (χ0n) is 5.51. The summed E-state index contributed by atoms with van der Waals surface area (Å²) < 4.78 is 26.7. The van der Waals surface area contributed by atoms with Crippen molar-refractivity contribution in [3.63, 3.8) is 0 Å². The number of esters is 1. The lowest BCUT2D eigenvalue weighted by atomic mass is 10.5. The Morgan fingerprint density at radius 2 is 2.30 bits per heavy atom. The van der Waals surface area contributed by atoms with Crippen LogP contribution in [0.2, 0.25) is 0 Å². The summed E-state index contributed by atoms with van der Waals surface area (Å²) in [5, 5.41) is 0. The molecule has 0 aromatic carbocycles. The molecular formula is C6H8F2O2. The molecule has 0 spiro atoms. The van der Waals surface area contributed by atoms with Gasteiger partial charge in [-0.15, -0.1) is 0 Å². The first-order chi connectivity index (χ1) is 4.66. The highest BCUT2D eigenvalue weighted by Crippen LogP contribution is 1.92. The Hall–Kier alpha value is -0.930. The Bertz CT molecular complexity index is 132. The van der Waals surface area contributed by atoms with Gasteiger partial charge in [0.25, 0.3) is 6.43 Å². The lowest BCUT2D eigenvalue weighted by Gasteiger charge is -1.98. The van der Waals surface area contributed by atoms with Crippen molar-refractivity contribution in [3.05, 3.63) is 12.2 Å². The van der Waals surface area contributed by atoms with Gasteiger partial charge in [0, 0.05) is 6.08 Å². The zero-order valence-corrected chi connectivity index (χ0v) is 5.51. The van der Waals surface area contributed by atoms with Crippen molar-refractivity contribution in [2.24, 2.45) is 0 Å². The van der Waals surface area contributed by atoms with Gasteiger partial charge in [0.15, 0.2) is 6.61 Å². The molecule has 0 N–H and O–H groups in total. The Morgan fingerprint density at radius 1 is 1.70 bits per heavy atom. The van der Waals surface area contributed by atoms with Crippen molar-refractivity contribution in [1.82, 2.24) is 0 Å². The third-order valence-corrected chi connectivity index (χ3v) is 0.654. The second-order valence-corrected chi connectivity index (χ2v) is 1.52. The summed E-state index contributed by atoms with van der Waals surface area (Å²) in [5.74, 6) is -0.734. The molecule has 0 unspecified atom stereocenters. The fraction of sp³-hybridized carbons (Fsp3) is 0.500. The highest BCUT2D eigenvalue weighted by Gasteiger charge is 2.04. The van der Waals surface area contributed by atoms with Crippen LogP contribution in [0.3, 0.4) is 0 Å². The molecule has 0 bridgehead atoms. The van der Waals surface area contributed by atoms with Gasteiger partial charge in [-0.1, -0.05) is 6.08 Å². The summed E-state index contributed by atoms with van der Waals surface area (Å²) in [7, 11) is 0. The topological polar surface area (TPSA) is 26.3 Å². The molecule has 10 heavy (non-hydrogen) atoms. The number of alkyl halides is 2. The van der Waals surface area contributed by atoms with Gasteiger partial charge in [0.2, 0.25) is 0 Å². The lowest BCUT2D eigenvalue weighted by molar-refractivity contribution is -0.141. The van der Waals surface area contributed by atoms with Gasteiger partial charge in [0.1, 0.15) is 0 Å². The monoisotopic (exact) mass is 150 g/mol. The molecule has 0 radical (unpaired) electrons. The third kappa shape index (κ3) is 5.21. The fourth-order valence-corrected chi connectivity index (χ4v) is 0.329. The van der Waals surface area contributed by atoms with Gasteiger partial charge in [-0.2, -0.15) is 0 Å². The molecule has 0 saturated carbocycles. The summed E-state index contributed by atoms with van der Waals surface area (Å²) in [6.45, 7) is 0.771. The molecule has 0 amide bonds. The minimum atomic E-state index is -2.59. The van der Waals surface area contributed by atoms with E-state index >= 15 is 0 Å². The van der Waals surface area contributed by atoms with Crippen molar-refractivity contribution in [3.8, 4) is 0 Å². The SMILES string of the molecule is C/C=C/C(=O)OCC(F)F. The van der Waals surface area contributed by atoms with Gasteiger partial charge < -0.3 is 4.74 Å². The van der Waals surface area contributed by atoms with E-state index < -0.39 is 19.0 Å². The van der Waals surface area contributed by atoms with E-state index in [-0.39, 0.29) is 0 Å². The van der Waals surface area contributed by atoms with Gasteiger partial charge in [0.05, 0.1) is 0 Å². The van der Waals surface area contributed by atoms with Crippen molar-refractivity contribution in [2.45, 2.75) is 13.3 Å². The normalized spacial score (nSPS) is 10.8. The standard InChI is InChI=1S/C6H8F2O2/c1-2-3-6(9)10-4-5(7)8/h2-3,5H,4H2,1H3/b3-2+. The third-order valence-electron chi connectivity index (χ3n) is 0.654. The van der Waals surface area contributed by atoms with Crippen LogP contribution in [0.1, 0.15) is 6.92 Å². The lowest BCUT2D eigenvalue weighted by Crippen LogP contribution is -2.08. The van der Waals surface area contributed by atoms with E-state index in [2.05, 4.69) is 4.74 Å². The van der Waals surface area contributed by atoms with E-state index in [9.17, 15) is 13.6 Å². The fourth-order valence-electron chi connectivity index (χ4n) is 0.329. The summed E-state index contributed by atoms with van der Waals surface area (Å²) in [6.07, 6.45) is -0.0786. The van der Waals surface area contributed by atoms with Gasteiger partial charge in [-0.25, -0.2) is 13.6 Å². The number of rotatable bonds is 3. The molecule has 0 aromatic heterocycles. The average Bonchev–Trinajstić information content (AvgIpc) is 1.85. The number of hydrogen-bond acceptors (Lipinski definition) is 2. The van der Waals surface area contributed by atoms with E-state index in [0.717, 1.165) is 6.08 Å². The second kappa shape index (κ2) is 4.90. The van der Waals surface area contributed by atoms with Crippen LogP contribution in [0.15, 0.2) is 12.2 Å². The molecule has 0 aromatic rings. The van der Waals surface area contributed by atoms with E-state index in [1.165, 1.54) is 6.08 Å². The first-order valence-electron chi connectivity index (χ1n) is 2.74. The molecular weight excluding hydrogens is 142 g/mol. The first-order valence-corrected chi connectivity index (χ1v) is 2.74. The van der Waals surface area contributed by atoms with E-state index in [0.29, 0.717) is 0 Å². The quantitative estimate of drug-likeness (QED) is 0.448. The molecule has 0 atom stereocenters. The van der Waals surface area contributed by atoms with Crippen LogP contribution >= 0.6 is 0 Å². The first kappa shape index (κ1) is 9.07. The largest absolute Gasteiger partial charge is 0.456 e. The summed E-state index contributed by atoms with van der Waals surface area (Å²) in [6, 6.07) is 0. The highest BCUT2D eigenvalue weighted by molar-refractivity contribution is 5.81. The highest BCUT2D eigenvalue weighted by atomic mass is 19.3. The predicted octanol–water partition coefficient (Wildman–Crippen LogP) is 1.37. The summed E-state index contributed by atoms with van der Waals surface area (Å²) >= 11 is 0. The van der Waals surface area contributed by atoms with E-state index in [4.69, 9.17) is 0 Å². The number of ether oxygens (including phenoxy) is 1. The Morgan fingerprint density at radius 3 is 2.70 bits per heavy atom. The Kier molecular flexibility index (Phi) is 4.45. The maximum atomic E-state index is 11.3. The van der Waals surface area contributed by atoms with E-state index in [1.54, 1.807) is 6.92 Å². The van der Waals surface area contributed by atoms with Gasteiger partial charge in [-0.05, 0) is 6.92 Å². The van der Waals surface area contributed by atoms with Gasteiger partial charge >= 0.3 is 5.97 Å². The molecule has 0 aliphatic rings. The zero-order chi connectivity index (χ0) is 7.98. The van der Waals surface area contributed by atoms with Crippen molar-refractivity contribution in [2.75, 3.05) is 6.61 Å². The van der Waals surface area contributed by atoms with Gasteiger partial charge in [-0.3, -0.25) is 0 Å². The Balaban J connectivity index is 3.40. The minimum absolute atomic E-state index is 0.734. The maximum absolute atomic E-state index is 11.3. The minimum Gasteiger partial charge on any atom is -0.456 e.